The van der Waals surface area contributed by atoms with Gasteiger partial charge in [-0.2, -0.15) is 0 Å². The number of hydrogen-bond acceptors (Lipinski definition) is 4. The molecular weight excluding hydrogens is 279 g/mol. The van der Waals surface area contributed by atoms with Gasteiger partial charge in [0.2, 0.25) is 0 Å². The highest BCUT2D eigenvalue weighted by molar-refractivity contribution is 7.98. The summed E-state index contributed by atoms with van der Waals surface area (Å²) in [6, 6.07) is 4.59. The van der Waals surface area contributed by atoms with Gasteiger partial charge >= 0.3 is 5.69 Å². The molecule has 5 nitrogen and oxygen atoms in total. The van der Waals surface area contributed by atoms with E-state index in [-0.39, 0.29) is 18.1 Å². The summed E-state index contributed by atoms with van der Waals surface area (Å²) in [4.78, 5) is 11.2. The molecule has 1 aromatic heterocycles. The number of aromatic amines is 1. The number of aromatic nitrogens is 3. The third kappa shape index (κ3) is 3.50. The summed E-state index contributed by atoms with van der Waals surface area (Å²) in [6.07, 6.45) is 0. The van der Waals surface area contributed by atoms with E-state index in [1.54, 1.807) is 13.1 Å². The van der Waals surface area contributed by atoms with Crippen molar-refractivity contribution < 1.29 is 4.39 Å². The van der Waals surface area contributed by atoms with Gasteiger partial charge in [0, 0.05) is 18.4 Å². The van der Waals surface area contributed by atoms with Crippen LogP contribution in [0.25, 0.3) is 0 Å². The van der Waals surface area contributed by atoms with E-state index in [9.17, 15) is 9.18 Å². The number of benzene rings is 1. The Morgan fingerprint density at radius 1 is 1.50 bits per heavy atom. The van der Waals surface area contributed by atoms with Crippen LogP contribution in [0.5, 0.6) is 0 Å². The molecule has 2 rings (SSSR count). The van der Waals surface area contributed by atoms with Crippen LogP contribution in [-0.4, -0.2) is 21.3 Å². The number of thioether (sulfide) groups is 1. The smallest absolute Gasteiger partial charge is 0.320 e. The molecular formula is C13H13FN4OS. The largest absolute Gasteiger partial charge is 0.343 e. The van der Waals surface area contributed by atoms with E-state index < -0.39 is 0 Å². The van der Waals surface area contributed by atoms with E-state index in [2.05, 4.69) is 22.0 Å². The zero-order valence-electron chi connectivity index (χ0n) is 10.8. The second kappa shape index (κ2) is 6.41. The number of nitrogens with two attached hydrogens (primary N) is 1. The molecule has 0 bridgehead atoms. The van der Waals surface area contributed by atoms with E-state index in [0.717, 1.165) is 5.56 Å². The standard InChI is InChI=1S/C13H13FN4OS/c1-18-12(19)16-17-13(18)20-8-10-5-9(3-2-4-15)6-11(14)7-10/h5-7H,4,8,15H2,1H3,(H,16,19). The topological polar surface area (TPSA) is 76.7 Å². The molecule has 7 heteroatoms. The Bertz CT molecular complexity index is 726. The van der Waals surface area contributed by atoms with Crippen LogP contribution in [0.1, 0.15) is 11.1 Å². The molecule has 1 heterocycles. The molecule has 0 saturated carbocycles. The van der Waals surface area contributed by atoms with Crippen LogP contribution in [-0.2, 0) is 12.8 Å². The van der Waals surface area contributed by atoms with Gasteiger partial charge in [-0.1, -0.05) is 23.6 Å². The Labute approximate surface area is 119 Å². The second-order valence-corrected chi connectivity index (χ2v) is 4.96. The lowest BCUT2D eigenvalue weighted by Gasteiger charge is -2.02. The lowest BCUT2D eigenvalue weighted by molar-refractivity contribution is 0.626. The maximum absolute atomic E-state index is 13.5. The maximum atomic E-state index is 13.5. The van der Waals surface area contributed by atoms with Gasteiger partial charge in [0.05, 0.1) is 6.54 Å². The van der Waals surface area contributed by atoms with Crippen LogP contribution >= 0.6 is 11.8 Å². The van der Waals surface area contributed by atoms with E-state index in [0.29, 0.717) is 16.5 Å². The van der Waals surface area contributed by atoms with Crippen LogP contribution in [0.15, 0.2) is 28.2 Å². The minimum absolute atomic E-state index is 0.232. The number of H-pyrrole nitrogens is 1. The molecule has 0 radical (unpaired) electrons. The first-order valence-electron chi connectivity index (χ1n) is 5.82. The zero-order chi connectivity index (χ0) is 14.5. The number of hydrogen-bond donors (Lipinski definition) is 2. The van der Waals surface area contributed by atoms with Crippen LogP contribution < -0.4 is 11.4 Å². The molecule has 0 amide bonds. The predicted octanol–water partition coefficient (Wildman–Crippen LogP) is 0.850. The van der Waals surface area contributed by atoms with E-state index in [4.69, 9.17) is 5.73 Å². The van der Waals surface area contributed by atoms with Gasteiger partial charge in [-0.05, 0) is 23.8 Å². The van der Waals surface area contributed by atoms with Crippen molar-refractivity contribution >= 4 is 11.8 Å². The fourth-order valence-electron chi connectivity index (χ4n) is 1.57. The first-order chi connectivity index (χ1) is 9.60. The van der Waals surface area contributed by atoms with Gasteiger partial charge in [0.1, 0.15) is 5.82 Å². The molecule has 2 aromatic rings. The molecule has 0 aliphatic heterocycles. The molecule has 0 spiro atoms. The van der Waals surface area contributed by atoms with Crippen molar-refractivity contribution in [1.82, 2.24) is 14.8 Å². The summed E-state index contributed by atoms with van der Waals surface area (Å²) < 4.78 is 14.9. The van der Waals surface area contributed by atoms with E-state index >= 15 is 0 Å². The van der Waals surface area contributed by atoms with Crippen LogP contribution in [0.3, 0.4) is 0 Å². The average molecular weight is 292 g/mol. The molecule has 0 atom stereocenters. The highest BCUT2D eigenvalue weighted by Crippen LogP contribution is 2.20. The molecule has 1 aromatic carbocycles. The first kappa shape index (κ1) is 14.4. The van der Waals surface area contributed by atoms with Crippen molar-refractivity contribution in [2.24, 2.45) is 12.8 Å². The lowest BCUT2D eigenvalue weighted by atomic mass is 10.1. The minimum Gasteiger partial charge on any atom is -0.320 e. The third-order valence-electron chi connectivity index (χ3n) is 2.50. The summed E-state index contributed by atoms with van der Waals surface area (Å²) in [5.74, 6) is 5.63. The number of halogens is 1. The van der Waals surface area contributed by atoms with Crippen molar-refractivity contribution in [2.75, 3.05) is 6.54 Å². The highest BCUT2D eigenvalue weighted by Gasteiger charge is 2.06. The van der Waals surface area contributed by atoms with Crippen molar-refractivity contribution in [1.29, 1.82) is 0 Å². The Morgan fingerprint density at radius 3 is 2.95 bits per heavy atom. The summed E-state index contributed by atoms with van der Waals surface area (Å²) in [5.41, 5.74) is 6.37. The number of nitrogens with zero attached hydrogens (tertiary/aromatic N) is 2. The van der Waals surface area contributed by atoms with Crippen molar-refractivity contribution in [3.63, 3.8) is 0 Å². The molecule has 0 aliphatic rings. The molecule has 104 valence electrons. The van der Waals surface area contributed by atoms with Gasteiger partial charge in [0.15, 0.2) is 5.16 Å². The predicted molar refractivity (Wildman–Crippen MR) is 75.7 cm³/mol. The highest BCUT2D eigenvalue weighted by atomic mass is 32.2. The van der Waals surface area contributed by atoms with Gasteiger partial charge in [0.25, 0.3) is 0 Å². The van der Waals surface area contributed by atoms with Crippen LogP contribution in [0, 0.1) is 17.7 Å². The minimum atomic E-state index is -0.347. The fraction of sp³-hybridized carbons (Fsp3) is 0.231. The summed E-state index contributed by atoms with van der Waals surface area (Å²) >= 11 is 1.34. The Hall–Kier alpha value is -2.04. The van der Waals surface area contributed by atoms with Crippen LogP contribution in [0.2, 0.25) is 0 Å². The fourth-order valence-corrected chi connectivity index (χ4v) is 2.42. The lowest BCUT2D eigenvalue weighted by Crippen LogP contribution is -2.12. The zero-order valence-corrected chi connectivity index (χ0v) is 11.6. The average Bonchev–Trinajstić information content (AvgIpc) is 2.74. The number of nitrogens with one attached hydrogen (secondary N) is 1. The van der Waals surface area contributed by atoms with Crippen molar-refractivity contribution in [3.05, 3.63) is 45.6 Å². The van der Waals surface area contributed by atoms with Crippen molar-refractivity contribution in [2.45, 2.75) is 10.9 Å². The maximum Gasteiger partial charge on any atom is 0.343 e. The Morgan fingerprint density at radius 2 is 2.30 bits per heavy atom. The monoisotopic (exact) mass is 292 g/mol. The van der Waals surface area contributed by atoms with Crippen LogP contribution in [0.4, 0.5) is 4.39 Å². The second-order valence-electron chi connectivity index (χ2n) is 4.01. The summed E-state index contributed by atoms with van der Waals surface area (Å²) in [7, 11) is 1.62. The first-order valence-corrected chi connectivity index (χ1v) is 6.81. The Balaban J connectivity index is 2.15. The molecule has 3 N–H and O–H groups in total. The molecule has 0 saturated heterocycles. The molecule has 0 aliphatic carbocycles. The van der Waals surface area contributed by atoms with Gasteiger partial charge in [-0.15, -0.1) is 5.10 Å². The van der Waals surface area contributed by atoms with Gasteiger partial charge in [-0.3, -0.25) is 4.57 Å². The molecule has 20 heavy (non-hydrogen) atoms. The van der Waals surface area contributed by atoms with E-state index in [1.807, 2.05) is 0 Å². The third-order valence-corrected chi connectivity index (χ3v) is 3.60. The van der Waals surface area contributed by atoms with Crippen molar-refractivity contribution in [3.8, 4) is 11.8 Å². The van der Waals surface area contributed by atoms with E-state index in [1.165, 1.54) is 28.5 Å². The van der Waals surface area contributed by atoms with Gasteiger partial charge < -0.3 is 5.73 Å². The number of rotatable bonds is 3. The van der Waals surface area contributed by atoms with Gasteiger partial charge in [-0.25, -0.2) is 14.3 Å². The normalized spacial score (nSPS) is 10.2. The summed E-state index contributed by atoms with van der Waals surface area (Å²) in [6.45, 7) is 0.232. The molecule has 0 fully saturated rings. The molecule has 0 unspecified atom stereocenters. The Kier molecular flexibility index (Phi) is 4.61. The SMILES string of the molecule is Cn1c(SCc2cc(F)cc(C#CCN)c2)n[nH]c1=O. The quantitative estimate of drug-likeness (QED) is 0.649. The summed E-state index contributed by atoms with van der Waals surface area (Å²) in [5, 5.41) is 6.77.